The standard InChI is InChI=1S/C16H34O3Si/c1-3-5-7-9-11-17-12-13-18-14-15-19-20-16-10-8-6-4-2/h3-16H2,1-2H3. The molecule has 0 aromatic rings. The number of rotatable bonds is 17. The molecule has 0 bridgehead atoms. The smallest absolute Gasteiger partial charge is 0.229 e. The Hall–Kier alpha value is 0.0969. The van der Waals surface area contributed by atoms with Gasteiger partial charge in [0.1, 0.15) is 0 Å². The lowest BCUT2D eigenvalue weighted by molar-refractivity contribution is 0.0356. The van der Waals surface area contributed by atoms with Crippen LogP contribution in [0.2, 0.25) is 6.04 Å². The van der Waals surface area contributed by atoms with Gasteiger partial charge in [-0.05, 0) is 12.5 Å². The van der Waals surface area contributed by atoms with Crippen LogP contribution >= 0.6 is 0 Å². The summed E-state index contributed by atoms with van der Waals surface area (Å²) in [5, 5.41) is 0. The highest BCUT2D eigenvalue weighted by Gasteiger charge is 1.94. The van der Waals surface area contributed by atoms with Crippen LogP contribution in [0.4, 0.5) is 0 Å². The van der Waals surface area contributed by atoms with E-state index in [-0.39, 0.29) is 0 Å². The fourth-order valence-corrected chi connectivity index (χ4v) is 2.59. The molecule has 0 aliphatic heterocycles. The number of unbranched alkanes of at least 4 members (excludes halogenated alkanes) is 6. The van der Waals surface area contributed by atoms with Crippen molar-refractivity contribution < 1.29 is 13.9 Å². The molecule has 2 radical (unpaired) electrons. The predicted octanol–water partition coefficient (Wildman–Crippen LogP) is 4.23. The lowest BCUT2D eigenvalue weighted by atomic mass is 10.2. The van der Waals surface area contributed by atoms with E-state index >= 15 is 0 Å². The first-order valence-electron chi connectivity index (χ1n) is 8.42. The Labute approximate surface area is 128 Å². The van der Waals surface area contributed by atoms with Crippen molar-refractivity contribution in [3.8, 4) is 0 Å². The minimum atomic E-state index is 0.644. The van der Waals surface area contributed by atoms with Gasteiger partial charge in [-0.25, -0.2) is 0 Å². The third kappa shape index (κ3) is 18.1. The van der Waals surface area contributed by atoms with Gasteiger partial charge in [0, 0.05) is 6.61 Å². The predicted molar refractivity (Wildman–Crippen MR) is 86.4 cm³/mol. The minimum absolute atomic E-state index is 0.644. The van der Waals surface area contributed by atoms with Gasteiger partial charge in [0.2, 0.25) is 9.76 Å². The van der Waals surface area contributed by atoms with Gasteiger partial charge in [-0.1, -0.05) is 58.8 Å². The van der Waals surface area contributed by atoms with Gasteiger partial charge in [-0.15, -0.1) is 0 Å². The van der Waals surface area contributed by atoms with Crippen LogP contribution in [0.15, 0.2) is 0 Å². The van der Waals surface area contributed by atoms with Crippen molar-refractivity contribution in [3.63, 3.8) is 0 Å². The van der Waals surface area contributed by atoms with Gasteiger partial charge in [0.25, 0.3) is 0 Å². The van der Waals surface area contributed by atoms with Crippen molar-refractivity contribution in [3.05, 3.63) is 0 Å². The van der Waals surface area contributed by atoms with E-state index in [1.807, 2.05) is 0 Å². The summed E-state index contributed by atoms with van der Waals surface area (Å²) in [6.07, 6.45) is 10.4. The molecule has 0 saturated carbocycles. The Balaban J connectivity index is 2.89. The zero-order valence-electron chi connectivity index (χ0n) is 13.6. The first-order chi connectivity index (χ1) is 9.91. The summed E-state index contributed by atoms with van der Waals surface area (Å²) >= 11 is 0. The first kappa shape index (κ1) is 20.1. The summed E-state index contributed by atoms with van der Waals surface area (Å²) in [5.74, 6) is 0. The van der Waals surface area contributed by atoms with E-state index < -0.39 is 0 Å². The van der Waals surface area contributed by atoms with Crippen molar-refractivity contribution in [1.29, 1.82) is 0 Å². The summed E-state index contributed by atoms with van der Waals surface area (Å²) in [7, 11) is 0.644. The fourth-order valence-electron chi connectivity index (χ4n) is 1.82. The topological polar surface area (TPSA) is 27.7 Å². The van der Waals surface area contributed by atoms with E-state index in [9.17, 15) is 0 Å². The molecule has 0 aromatic heterocycles. The van der Waals surface area contributed by atoms with E-state index in [1.165, 1.54) is 57.4 Å². The van der Waals surface area contributed by atoms with Gasteiger partial charge in [0.15, 0.2) is 0 Å². The molecular weight excluding hydrogens is 268 g/mol. The van der Waals surface area contributed by atoms with Crippen LogP contribution < -0.4 is 0 Å². The summed E-state index contributed by atoms with van der Waals surface area (Å²) in [5.41, 5.74) is 0. The highest BCUT2D eigenvalue weighted by atomic mass is 28.2. The largest absolute Gasteiger partial charge is 0.415 e. The molecule has 0 spiro atoms. The van der Waals surface area contributed by atoms with Gasteiger partial charge < -0.3 is 13.9 Å². The van der Waals surface area contributed by atoms with Crippen LogP contribution in [0.25, 0.3) is 0 Å². The Kier molecular flexibility index (Phi) is 19.2. The molecule has 0 aromatic carbocycles. The Morgan fingerprint density at radius 3 is 1.90 bits per heavy atom. The molecule has 120 valence electrons. The minimum Gasteiger partial charge on any atom is -0.415 e. The van der Waals surface area contributed by atoms with Crippen LogP contribution in [0, 0.1) is 0 Å². The quantitative estimate of drug-likeness (QED) is 0.297. The Bertz CT molecular complexity index is 150. The van der Waals surface area contributed by atoms with Crippen LogP contribution in [-0.2, 0) is 13.9 Å². The molecule has 4 heteroatoms. The number of ether oxygens (including phenoxy) is 2. The molecule has 0 fully saturated rings. The molecule has 0 aliphatic carbocycles. The van der Waals surface area contributed by atoms with Crippen molar-refractivity contribution in [2.45, 2.75) is 71.3 Å². The van der Waals surface area contributed by atoms with Crippen LogP contribution in [-0.4, -0.2) is 42.8 Å². The second kappa shape index (κ2) is 19.1. The molecule has 0 rings (SSSR count). The lowest BCUT2D eigenvalue weighted by Crippen LogP contribution is -2.11. The molecule has 0 amide bonds. The zero-order chi connectivity index (χ0) is 14.7. The summed E-state index contributed by atoms with van der Waals surface area (Å²) in [4.78, 5) is 0. The normalized spacial score (nSPS) is 11.1. The summed E-state index contributed by atoms with van der Waals surface area (Å²) in [6.45, 7) is 8.17. The molecule has 20 heavy (non-hydrogen) atoms. The van der Waals surface area contributed by atoms with E-state index in [1.54, 1.807) is 0 Å². The van der Waals surface area contributed by atoms with E-state index in [0.29, 0.717) is 29.6 Å². The second-order valence-corrected chi connectivity index (χ2v) is 6.17. The molecular formula is C16H34O3Si. The van der Waals surface area contributed by atoms with Crippen LogP contribution in [0.1, 0.15) is 65.2 Å². The third-order valence-corrected chi connectivity index (χ3v) is 4.04. The SMILES string of the molecule is CCCCCCOCCOCCO[Si]CCCCCC. The van der Waals surface area contributed by atoms with Crippen molar-refractivity contribution in [2.75, 3.05) is 33.0 Å². The van der Waals surface area contributed by atoms with E-state index in [4.69, 9.17) is 13.9 Å². The summed E-state index contributed by atoms with van der Waals surface area (Å²) in [6, 6.07) is 1.21. The van der Waals surface area contributed by atoms with Crippen LogP contribution in [0.3, 0.4) is 0 Å². The first-order valence-corrected chi connectivity index (χ1v) is 9.53. The van der Waals surface area contributed by atoms with Gasteiger partial charge >= 0.3 is 0 Å². The Morgan fingerprint density at radius 1 is 0.600 bits per heavy atom. The molecule has 3 nitrogen and oxygen atoms in total. The maximum absolute atomic E-state index is 5.55. The monoisotopic (exact) mass is 302 g/mol. The molecule has 0 N–H and O–H groups in total. The van der Waals surface area contributed by atoms with Crippen molar-refractivity contribution in [2.24, 2.45) is 0 Å². The third-order valence-electron chi connectivity index (χ3n) is 3.08. The lowest BCUT2D eigenvalue weighted by Gasteiger charge is -2.06. The van der Waals surface area contributed by atoms with Gasteiger partial charge in [-0.3, -0.25) is 0 Å². The van der Waals surface area contributed by atoms with Crippen LogP contribution in [0.5, 0.6) is 0 Å². The van der Waals surface area contributed by atoms with Crippen molar-refractivity contribution >= 4 is 9.76 Å². The highest BCUT2D eigenvalue weighted by Crippen LogP contribution is 2.02. The number of hydrogen-bond acceptors (Lipinski definition) is 3. The highest BCUT2D eigenvalue weighted by molar-refractivity contribution is 6.26. The Morgan fingerprint density at radius 2 is 1.20 bits per heavy atom. The maximum atomic E-state index is 5.55. The van der Waals surface area contributed by atoms with Gasteiger partial charge in [-0.2, -0.15) is 0 Å². The van der Waals surface area contributed by atoms with E-state index in [2.05, 4.69) is 13.8 Å². The molecule has 0 atom stereocenters. The molecule has 0 heterocycles. The van der Waals surface area contributed by atoms with Crippen molar-refractivity contribution in [1.82, 2.24) is 0 Å². The second-order valence-electron chi connectivity index (χ2n) is 5.09. The average molecular weight is 303 g/mol. The number of hydrogen-bond donors (Lipinski definition) is 0. The molecule has 0 aliphatic rings. The average Bonchev–Trinajstić information content (AvgIpc) is 2.47. The fraction of sp³-hybridized carbons (Fsp3) is 1.00. The molecule has 0 unspecified atom stereocenters. The van der Waals surface area contributed by atoms with E-state index in [0.717, 1.165) is 13.2 Å². The zero-order valence-corrected chi connectivity index (χ0v) is 14.6. The molecule has 0 saturated heterocycles. The van der Waals surface area contributed by atoms with Gasteiger partial charge in [0.05, 0.1) is 26.4 Å². The summed E-state index contributed by atoms with van der Waals surface area (Å²) < 4.78 is 16.5. The maximum Gasteiger partial charge on any atom is 0.229 e.